The third-order valence-electron chi connectivity index (χ3n) is 6.38. The Bertz CT molecular complexity index is 1300. The number of carbonyl (C=O) groups excluding carboxylic acids is 3. The van der Waals surface area contributed by atoms with Gasteiger partial charge >= 0.3 is 18.1 Å². The van der Waals surface area contributed by atoms with E-state index in [0.29, 0.717) is 10.6 Å². The van der Waals surface area contributed by atoms with E-state index in [4.69, 9.17) is 4.74 Å². The van der Waals surface area contributed by atoms with Crippen LogP contribution in [0.25, 0.3) is 11.1 Å². The summed E-state index contributed by atoms with van der Waals surface area (Å²) < 4.78 is 5.43. The maximum Gasteiger partial charge on any atom is 0.426 e. The van der Waals surface area contributed by atoms with Gasteiger partial charge in [-0.25, -0.2) is 24.8 Å². The van der Waals surface area contributed by atoms with E-state index in [0.717, 1.165) is 22.3 Å². The van der Waals surface area contributed by atoms with Crippen molar-refractivity contribution in [3.63, 3.8) is 0 Å². The predicted molar refractivity (Wildman–Crippen MR) is 124 cm³/mol. The molecule has 4 amide bonds. The van der Waals surface area contributed by atoms with Crippen molar-refractivity contribution in [3.05, 3.63) is 95.6 Å². The molecule has 0 aromatic heterocycles. The molecule has 1 saturated heterocycles. The van der Waals surface area contributed by atoms with Crippen LogP contribution in [0.1, 0.15) is 22.6 Å². The Hall–Kier alpha value is -4.66. The number of hydrogen-bond donors (Lipinski definition) is 3. The molecule has 1 aliphatic heterocycles. The molecule has 0 bridgehead atoms. The van der Waals surface area contributed by atoms with Gasteiger partial charge in [-0.15, -0.1) is 0 Å². The number of imide groups is 1. The van der Waals surface area contributed by atoms with Gasteiger partial charge in [-0.1, -0.05) is 78.9 Å². The summed E-state index contributed by atoms with van der Waals surface area (Å²) in [6.45, 7) is -0.0397. The standard InChI is InChI=1S/C26H21N3O6/c30-22-26(23(31)32,14-16-8-2-1-3-9-16)29(24(33)27-22)28-25(34)35-15-21-19-12-6-4-10-17(19)18-11-5-7-13-20(18)21/h1-13,21H,14-15H2,(H,28,34)(H,31,32)(H,27,30,33). The first-order valence-corrected chi connectivity index (χ1v) is 11.0. The van der Waals surface area contributed by atoms with Crippen LogP contribution >= 0.6 is 0 Å². The highest BCUT2D eigenvalue weighted by Gasteiger charge is 2.60. The number of nitrogens with one attached hydrogen (secondary N) is 2. The molecule has 1 atom stereocenters. The number of carboxylic acids is 1. The highest BCUT2D eigenvalue weighted by molar-refractivity contribution is 6.18. The SMILES string of the molecule is O=C(NN1C(=O)NC(=O)C1(Cc1ccccc1)C(=O)O)OCC1c2ccccc2-c2ccccc21. The molecule has 5 rings (SSSR count). The van der Waals surface area contributed by atoms with Gasteiger partial charge < -0.3 is 9.84 Å². The molecule has 0 saturated carbocycles. The van der Waals surface area contributed by atoms with E-state index >= 15 is 0 Å². The molecule has 0 spiro atoms. The fraction of sp³-hybridized carbons (Fsp3) is 0.154. The van der Waals surface area contributed by atoms with Crippen LogP contribution < -0.4 is 10.7 Å². The number of benzene rings is 3. The van der Waals surface area contributed by atoms with Crippen LogP contribution in [0.5, 0.6) is 0 Å². The highest BCUT2D eigenvalue weighted by Crippen LogP contribution is 2.44. The first kappa shape index (κ1) is 22.1. The van der Waals surface area contributed by atoms with Gasteiger partial charge in [0.25, 0.3) is 5.91 Å². The molecule has 9 heteroatoms. The first-order valence-electron chi connectivity index (χ1n) is 11.0. The van der Waals surface area contributed by atoms with Gasteiger partial charge in [0.15, 0.2) is 0 Å². The lowest BCUT2D eigenvalue weighted by molar-refractivity contribution is -0.154. The van der Waals surface area contributed by atoms with E-state index in [1.165, 1.54) is 0 Å². The number of carbonyl (C=O) groups is 4. The van der Waals surface area contributed by atoms with Crippen molar-refractivity contribution in [2.24, 2.45) is 0 Å². The van der Waals surface area contributed by atoms with Crippen molar-refractivity contribution in [3.8, 4) is 11.1 Å². The lowest BCUT2D eigenvalue weighted by atomic mass is 9.90. The summed E-state index contributed by atoms with van der Waals surface area (Å²) in [6.07, 6.45) is -1.39. The fourth-order valence-electron chi connectivity index (χ4n) is 4.72. The van der Waals surface area contributed by atoms with E-state index in [9.17, 15) is 24.3 Å². The van der Waals surface area contributed by atoms with Gasteiger partial charge in [0.2, 0.25) is 5.54 Å². The van der Waals surface area contributed by atoms with Crippen molar-refractivity contribution < 1.29 is 29.0 Å². The summed E-state index contributed by atoms with van der Waals surface area (Å²) >= 11 is 0. The minimum absolute atomic E-state index is 0.0397. The second kappa shape index (κ2) is 8.60. The summed E-state index contributed by atoms with van der Waals surface area (Å²) in [5.41, 5.74) is 4.42. The number of aliphatic carboxylic acids is 1. The topological polar surface area (TPSA) is 125 Å². The molecule has 1 aliphatic carbocycles. The third-order valence-corrected chi connectivity index (χ3v) is 6.38. The van der Waals surface area contributed by atoms with Crippen molar-refractivity contribution in [2.75, 3.05) is 6.61 Å². The summed E-state index contributed by atoms with van der Waals surface area (Å²) in [6, 6.07) is 22.9. The van der Waals surface area contributed by atoms with Crippen LogP contribution in [0.15, 0.2) is 78.9 Å². The number of amides is 4. The number of hydrazine groups is 1. The van der Waals surface area contributed by atoms with Gasteiger partial charge in [0, 0.05) is 12.3 Å². The van der Waals surface area contributed by atoms with Crippen LogP contribution in [-0.4, -0.2) is 46.3 Å². The van der Waals surface area contributed by atoms with E-state index in [1.54, 1.807) is 30.3 Å². The second-order valence-electron chi connectivity index (χ2n) is 8.36. The van der Waals surface area contributed by atoms with Crippen LogP contribution in [0, 0.1) is 0 Å². The zero-order valence-electron chi connectivity index (χ0n) is 18.4. The average molecular weight is 471 g/mol. The maximum absolute atomic E-state index is 12.7. The highest BCUT2D eigenvalue weighted by atomic mass is 16.6. The lowest BCUT2D eigenvalue weighted by Gasteiger charge is -2.31. The molecule has 1 fully saturated rings. The van der Waals surface area contributed by atoms with Gasteiger partial charge in [-0.2, -0.15) is 0 Å². The molecule has 1 unspecified atom stereocenters. The smallest absolute Gasteiger partial charge is 0.426 e. The number of ether oxygens (including phenoxy) is 1. The molecular formula is C26H21N3O6. The molecule has 1 heterocycles. The minimum atomic E-state index is -2.36. The Balaban J connectivity index is 1.36. The number of carboxylic acid groups (broad SMARTS) is 1. The van der Waals surface area contributed by atoms with Crippen LogP contribution in [0.2, 0.25) is 0 Å². The third kappa shape index (κ3) is 3.67. The number of urea groups is 1. The van der Waals surface area contributed by atoms with Crippen LogP contribution in [-0.2, 0) is 20.7 Å². The fourth-order valence-corrected chi connectivity index (χ4v) is 4.72. The molecular weight excluding hydrogens is 450 g/mol. The molecule has 3 aromatic carbocycles. The first-order chi connectivity index (χ1) is 16.9. The Kier molecular flexibility index (Phi) is 5.44. The number of hydrogen-bond acceptors (Lipinski definition) is 5. The molecule has 3 aromatic rings. The van der Waals surface area contributed by atoms with E-state index in [1.807, 2.05) is 53.8 Å². The van der Waals surface area contributed by atoms with Gasteiger partial charge in [-0.3, -0.25) is 10.1 Å². The largest absolute Gasteiger partial charge is 0.479 e. The molecule has 0 radical (unpaired) electrons. The summed E-state index contributed by atoms with van der Waals surface area (Å²) in [5, 5.41) is 12.5. The molecule has 176 valence electrons. The summed E-state index contributed by atoms with van der Waals surface area (Å²) in [7, 11) is 0. The van der Waals surface area contributed by atoms with Crippen LogP contribution in [0.4, 0.5) is 9.59 Å². The normalized spacial score (nSPS) is 18.6. The predicted octanol–water partition coefficient (Wildman–Crippen LogP) is 3.06. The van der Waals surface area contributed by atoms with Gasteiger partial charge in [0.1, 0.15) is 6.61 Å². The lowest BCUT2D eigenvalue weighted by Crippen LogP contribution is -2.63. The quantitative estimate of drug-likeness (QED) is 0.375. The Morgan fingerprint density at radius 1 is 0.914 bits per heavy atom. The van der Waals surface area contributed by atoms with Crippen molar-refractivity contribution in [2.45, 2.75) is 17.9 Å². The van der Waals surface area contributed by atoms with Crippen LogP contribution in [0.3, 0.4) is 0 Å². The summed E-state index contributed by atoms with van der Waals surface area (Å²) in [4.78, 5) is 50.1. The van der Waals surface area contributed by atoms with E-state index in [-0.39, 0.29) is 18.9 Å². The van der Waals surface area contributed by atoms with E-state index < -0.39 is 29.5 Å². The molecule has 9 nitrogen and oxygen atoms in total. The average Bonchev–Trinajstić information content (AvgIpc) is 3.30. The Morgan fingerprint density at radius 2 is 1.49 bits per heavy atom. The monoisotopic (exact) mass is 471 g/mol. The number of fused-ring (bicyclic) bond motifs is 3. The van der Waals surface area contributed by atoms with Gasteiger partial charge in [0.05, 0.1) is 0 Å². The zero-order valence-corrected chi connectivity index (χ0v) is 18.4. The van der Waals surface area contributed by atoms with E-state index in [2.05, 4.69) is 5.43 Å². The zero-order chi connectivity index (χ0) is 24.6. The van der Waals surface area contributed by atoms with Crippen molar-refractivity contribution in [1.29, 1.82) is 0 Å². The van der Waals surface area contributed by atoms with Crippen molar-refractivity contribution >= 4 is 24.0 Å². The van der Waals surface area contributed by atoms with Gasteiger partial charge in [-0.05, 0) is 27.8 Å². The number of nitrogens with zero attached hydrogens (tertiary/aromatic N) is 1. The Labute approximate surface area is 200 Å². The number of rotatable bonds is 6. The molecule has 35 heavy (non-hydrogen) atoms. The second-order valence-corrected chi connectivity index (χ2v) is 8.36. The maximum atomic E-state index is 12.7. The minimum Gasteiger partial charge on any atom is -0.479 e. The van der Waals surface area contributed by atoms with Crippen molar-refractivity contribution in [1.82, 2.24) is 15.8 Å². The molecule has 2 aliphatic rings. The summed E-state index contributed by atoms with van der Waals surface area (Å²) in [5.74, 6) is -2.85. The Morgan fingerprint density at radius 3 is 2.09 bits per heavy atom. The molecule has 3 N–H and O–H groups in total.